The van der Waals surface area contributed by atoms with E-state index in [-0.39, 0.29) is 12.5 Å². The number of amides is 1. The molecule has 0 saturated heterocycles. The van der Waals surface area contributed by atoms with Gasteiger partial charge in [0, 0.05) is 12.2 Å². The fourth-order valence-electron chi connectivity index (χ4n) is 2.67. The summed E-state index contributed by atoms with van der Waals surface area (Å²) in [5.74, 6) is 0.872. The van der Waals surface area contributed by atoms with Crippen LogP contribution in [0.2, 0.25) is 5.02 Å². The third kappa shape index (κ3) is 6.01. The monoisotopic (exact) mass is 522 g/mol. The van der Waals surface area contributed by atoms with Crippen LogP contribution in [-0.4, -0.2) is 19.6 Å². The number of rotatable bonds is 8. The second-order valence-corrected chi connectivity index (χ2v) is 7.71. The van der Waals surface area contributed by atoms with Crippen LogP contribution in [0.15, 0.2) is 66.7 Å². The van der Waals surface area contributed by atoms with Crippen molar-refractivity contribution >= 4 is 51.5 Å². The number of carbonyl (C=O) groups excluding carboxylic acids is 1. The largest absolute Gasteiger partial charge is 0.493 e. The van der Waals surface area contributed by atoms with Crippen LogP contribution in [0.1, 0.15) is 5.56 Å². The van der Waals surface area contributed by atoms with Gasteiger partial charge < -0.3 is 20.1 Å². The van der Waals surface area contributed by atoms with Gasteiger partial charge in [-0.2, -0.15) is 0 Å². The number of methoxy groups -OCH3 is 1. The Morgan fingerprint density at radius 3 is 2.52 bits per heavy atom. The van der Waals surface area contributed by atoms with E-state index >= 15 is 0 Å². The smallest absolute Gasteiger partial charge is 0.262 e. The summed E-state index contributed by atoms with van der Waals surface area (Å²) in [7, 11) is 1.58. The zero-order chi connectivity index (χ0) is 20.6. The van der Waals surface area contributed by atoms with E-state index in [2.05, 4.69) is 33.2 Å². The highest BCUT2D eigenvalue weighted by Gasteiger charge is 2.14. The molecule has 0 aliphatic rings. The topological polar surface area (TPSA) is 59.6 Å². The van der Waals surface area contributed by atoms with Crippen LogP contribution in [0.25, 0.3) is 0 Å². The van der Waals surface area contributed by atoms with E-state index in [1.165, 1.54) is 0 Å². The quantitative estimate of drug-likeness (QED) is 0.379. The maximum absolute atomic E-state index is 12.2. The number of para-hydroxylation sites is 2. The van der Waals surface area contributed by atoms with E-state index < -0.39 is 0 Å². The van der Waals surface area contributed by atoms with Crippen LogP contribution >= 0.6 is 34.2 Å². The van der Waals surface area contributed by atoms with Crippen LogP contribution in [0.4, 0.5) is 11.4 Å². The van der Waals surface area contributed by atoms with E-state index in [0.29, 0.717) is 23.1 Å². The number of halogens is 2. The van der Waals surface area contributed by atoms with Crippen LogP contribution in [0.5, 0.6) is 11.5 Å². The van der Waals surface area contributed by atoms with Gasteiger partial charge in [0.2, 0.25) is 0 Å². The van der Waals surface area contributed by atoms with Crippen molar-refractivity contribution in [2.75, 3.05) is 24.4 Å². The van der Waals surface area contributed by atoms with E-state index in [1.54, 1.807) is 7.11 Å². The first kappa shape index (κ1) is 21.3. The summed E-state index contributed by atoms with van der Waals surface area (Å²) in [6.07, 6.45) is 0. The summed E-state index contributed by atoms with van der Waals surface area (Å²) in [5, 5.41) is 6.77. The molecule has 2 N–H and O–H groups in total. The third-order valence-electron chi connectivity index (χ3n) is 4.05. The Morgan fingerprint density at radius 1 is 1.07 bits per heavy atom. The molecule has 0 aromatic heterocycles. The number of carbonyl (C=O) groups is 1. The van der Waals surface area contributed by atoms with Gasteiger partial charge in [-0.1, -0.05) is 41.9 Å². The first-order valence-corrected chi connectivity index (χ1v) is 10.3. The Balaban J connectivity index is 1.65. The molecule has 1 amide bonds. The van der Waals surface area contributed by atoms with Gasteiger partial charge in [-0.05, 0) is 64.6 Å². The summed E-state index contributed by atoms with van der Waals surface area (Å²) >= 11 is 8.36. The van der Waals surface area contributed by atoms with Gasteiger partial charge in [0.05, 0.1) is 21.4 Å². The van der Waals surface area contributed by atoms with E-state index in [1.807, 2.05) is 66.7 Å². The Hall–Kier alpha value is -2.45. The minimum Gasteiger partial charge on any atom is -0.493 e. The third-order valence-corrected chi connectivity index (χ3v) is 5.18. The van der Waals surface area contributed by atoms with E-state index in [4.69, 9.17) is 21.1 Å². The second-order valence-electron chi connectivity index (χ2n) is 6.15. The highest BCUT2D eigenvalue weighted by Crippen LogP contribution is 2.34. The SMILES string of the molecule is COc1cc(CNc2ccccc2Cl)cc(I)c1OCC(=O)Nc1ccccc1. The van der Waals surface area contributed by atoms with Crippen LogP contribution < -0.4 is 20.1 Å². The molecule has 0 unspecified atom stereocenters. The minimum absolute atomic E-state index is 0.113. The van der Waals surface area contributed by atoms with Gasteiger partial charge in [-0.25, -0.2) is 0 Å². The molecule has 3 rings (SSSR count). The van der Waals surface area contributed by atoms with Gasteiger partial charge >= 0.3 is 0 Å². The molecule has 0 heterocycles. The number of nitrogens with one attached hydrogen (secondary N) is 2. The Bertz CT molecular complexity index is 983. The summed E-state index contributed by atoms with van der Waals surface area (Å²) in [5.41, 5.74) is 2.59. The molecule has 0 saturated carbocycles. The highest BCUT2D eigenvalue weighted by molar-refractivity contribution is 14.1. The van der Waals surface area contributed by atoms with Crippen molar-refractivity contribution in [3.63, 3.8) is 0 Å². The van der Waals surface area contributed by atoms with Crippen LogP contribution in [0, 0.1) is 3.57 Å². The van der Waals surface area contributed by atoms with Crippen LogP contribution in [0.3, 0.4) is 0 Å². The molecular formula is C22H20ClIN2O3. The fraction of sp³-hybridized carbons (Fsp3) is 0.136. The molecule has 29 heavy (non-hydrogen) atoms. The number of hydrogen-bond acceptors (Lipinski definition) is 4. The summed E-state index contributed by atoms with van der Waals surface area (Å²) in [4.78, 5) is 12.2. The predicted molar refractivity (Wildman–Crippen MR) is 125 cm³/mol. The summed E-state index contributed by atoms with van der Waals surface area (Å²) < 4.78 is 12.1. The summed E-state index contributed by atoms with van der Waals surface area (Å²) in [6, 6.07) is 20.7. The van der Waals surface area contributed by atoms with Gasteiger partial charge in [-0.3, -0.25) is 4.79 Å². The van der Waals surface area contributed by atoms with Crippen molar-refractivity contribution in [3.8, 4) is 11.5 Å². The number of hydrogen-bond donors (Lipinski definition) is 2. The highest BCUT2D eigenvalue weighted by atomic mass is 127. The fourth-order valence-corrected chi connectivity index (χ4v) is 3.70. The normalized spacial score (nSPS) is 10.3. The maximum Gasteiger partial charge on any atom is 0.262 e. The lowest BCUT2D eigenvalue weighted by Crippen LogP contribution is -2.20. The second kappa shape index (κ2) is 10.4. The first-order chi connectivity index (χ1) is 14.1. The first-order valence-electron chi connectivity index (χ1n) is 8.89. The van der Waals surface area contributed by atoms with Gasteiger partial charge in [0.1, 0.15) is 0 Å². The lowest BCUT2D eigenvalue weighted by atomic mass is 10.2. The molecule has 3 aromatic rings. The minimum atomic E-state index is -0.237. The maximum atomic E-state index is 12.2. The lowest BCUT2D eigenvalue weighted by molar-refractivity contribution is -0.118. The van der Waals surface area contributed by atoms with Gasteiger partial charge in [0.15, 0.2) is 18.1 Å². The molecule has 0 radical (unpaired) electrons. The summed E-state index contributed by atoms with van der Waals surface area (Å²) in [6.45, 7) is 0.462. The molecule has 0 bridgehead atoms. The molecule has 3 aromatic carbocycles. The standard InChI is InChI=1S/C22H20ClIN2O3/c1-28-20-12-15(13-25-19-10-6-5-9-17(19)23)11-18(24)22(20)29-14-21(27)26-16-7-3-2-4-8-16/h2-12,25H,13-14H2,1H3,(H,26,27). The molecule has 150 valence electrons. The molecule has 0 fully saturated rings. The van der Waals surface area contributed by atoms with Gasteiger partial charge in [-0.15, -0.1) is 0 Å². The Kier molecular flexibility index (Phi) is 7.60. The average Bonchev–Trinajstić information content (AvgIpc) is 2.72. The zero-order valence-electron chi connectivity index (χ0n) is 15.7. The molecule has 0 atom stereocenters. The molecule has 0 aliphatic heterocycles. The van der Waals surface area contributed by atoms with Crippen molar-refractivity contribution in [2.24, 2.45) is 0 Å². The zero-order valence-corrected chi connectivity index (χ0v) is 18.7. The van der Waals surface area contributed by atoms with Crippen molar-refractivity contribution in [3.05, 3.63) is 80.9 Å². The molecular weight excluding hydrogens is 503 g/mol. The number of anilines is 2. The average molecular weight is 523 g/mol. The molecule has 7 heteroatoms. The Morgan fingerprint density at radius 2 is 1.79 bits per heavy atom. The van der Waals surface area contributed by atoms with Crippen molar-refractivity contribution in [1.29, 1.82) is 0 Å². The Labute approximate surface area is 188 Å². The lowest BCUT2D eigenvalue weighted by Gasteiger charge is -2.15. The number of ether oxygens (including phenoxy) is 2. The van der Waals surface area contributed by atoms with Crippen LogP contribution in [-0.2, 0) is 11.3 Å². The van der Waals surface area contributed by atoms with E-state index in [0.717, 1.165) is 20.5 Å². The molecule has 5 nitrogen and oxygen atoms in total. The predicted octanol–water partition coefficient (Wildman–Crippen LogP) is 5.58. The van der Waals surface area contributed by atoms with Crippen molar-refractivity contribution < 1.29 is 14.3 Å². The van der Waals surface area contributed by atoms with Crippen molar-refractivity contribution in [1.82, 2.24) is 0 Å². The van der Waals surface area contributed by atoms with E-state index in [9.17, 15) is 4.79 Å². The number of benzene rings is 3. The van der Waals surface area contributed by atoms with Gasteiger partial charge in [0.25, 0.3) is 5.91 Å². The molecule has 0 aliphatic carbocycles. The van der Waals surface area contributed by atoms with Crippen molar-refractivity contribution in [2.45, 2.75) is 6.54 Å². The molecule has 0 spiro atoms.